The molecule has 1 aromatic heterocycles. The lowest BCUT2D eigenvalue weighted by Gasteiger charge is -2.27. The summed E-state index contributed by atoms with van der Waals surface area (Å²) in [4.78, 5) is 17.5. The molecule has 116 valence electrons. The van der Waals surface area contributed by atoms with Gasteiger partial charge in [0.15, 0.2) is 0 Å². The fourth-order valence-electron chi connectivity index (χ4n) is 2.60. The van der Waals surface area contributed by atoms with Crippen LogP contribution in [0.5, 0.6) is 0 Å². The van der Waals surface area contributed by atoms with E-state index in [0.717, 1.165) is 18.2 Å². The molecule has 1 aliphatic rings. The average Bonchev–Trinajstić information content (AvgIpc) is 2.93. The van der Waals surface area contributed by atoms with Crippen LogP contribution in [0.15, 0.2) is 36.5 Å². The second-order valence-electron chi connectivity index (χ2n) is 5.41. The molecule has 0 aliphatic carbocycles. The minimum atomic E-state index is -3.31. The molecule has 0 saturated heterocycles. The lowest BCUT2D eigenvalue weighted by atomic mass is 10.1. The fraction of sp³-hybridized carbons (Fsp3) is 0.267. The highest BCUT2D eigenvalue weighted by Crippen LogP contribution is 2.20. The van der Waals surface area contributed by atoms with E-state index >= 15 is 0 Å². The maximum absolute atomic E-state index is 12.5. The van der Waals surface area contributed by atoms with Crippen molar-refractivity contribution in [3.63, 3.8) is 0 Å². The molecular formula is C15H17N3O3S. The quantitative estimate of drug-likeness (QED) is 0.901. The van der Waals surface area contributed by atoms with Gasteiger partial charge in [-0.1, -0.05) is 0 Å². The van der Waals surface area contributed by atoms with Crippen LogP contribution in [0, 0.1) is 0 Å². The zero-order valence-electron chi connectivity index (χ0n) is 12.2. The van der Waals surface area contributed by atoms with Crippen molar-refractivity contribution in [1.82, 2.24) is 9.88 Å². The molecule has 6 nitrogen and oxygen atoms in total. The van der Waals surface area contributed by atoms with Crippen molar-refractivity contribution in [3.05, 3.63) is 53.3 Å². The minimum Gasteiger partial charge on any atom is -0.365 e. The first-order valence-electron chi connectivity index (χ1n) is 6.95. The first-order chi connectivity index (χ1) is 10.4. The summed E-state index contributed by atoms with van der Waals surface area (Å²) >= 11 is 0. The SMILES string of the molecule is CS(=O)(=O)Nc1ccc(C(=O)N2CCc3[nH]ccc3C2)cc1. The number of hydrogen-bond acceptors (Lipinski definition) is 3. The Morgan fingerprint density at radius 2 is 1.95 bits per heavy atom. The Bertz CT molecular complexity index is 794. The number of amides is 1. The third-order valence-electron chi connectivity index (χ3n) is 3.64. The number of fused-ring (bicyclic) bond motifs is 1. The number of rotatable bonds is 3. The molecule has 0 radical (unpaired) electrons. The first-order valence-corrected chi connectivity index (χ1v) is 8.84. The van der Waals surface area contributed by atoms with Gasteiger partial charge in [0.1, 0.15) is 0 Å². The zero-order valence-corrected chi connectivity index (χ0v) is 13.0. The Labute approximate surface area is 129 Å². The van der Waals surface area contributed by atoms with Crippen LogP contribution >= 0.6 is 0 Å². The number of nitrogens with one attached hydrogen (secondary N) is 2. The maximum Gasteiger partial charge on any atom is 0.254 e. The molecule has 0 unspecified atom stereocenters. The summed E-state index contributed by atoms with van der Waals surface area (Å²) in [5, 5.41) is 0. The lowest BCUT2D eigenvalue weighted by Crippen LogP contribution is -2.35. The van der Waals surface area contributed by atoms with Crippen molar-refractivity contribution >= 4 is 21.6 Å². The number of carbonyl (C=O) groups excluding carboxylic acids is 1. The van der Waals surface area contributed by atoms with E-state index in [1.807, 2.05) is 12.3 Å². The lowest BCUT2D eigenvalue weighted by molar-refractivity contribution is 0.0734. The first kappa shape index (κ1) is 14.6. The van der Waals surface area contributed by atoms with Crippen molar-refractivity contribution in [1.29, 1.82) is 0 Å². The molecule has 3 rings (SSSR count). The van der Waals surface area contributed by atoms with Gasteiger partial charge in [-0.2, -0.15) is 0 Å². The van der Waals surface area contributed by atoms with Crippen LogP contribution in [0.3, 0.4) is 0 Å². The molecule has 1 amide bonds. The molecule has 1 aliphatic heterocycles. The molecule has 0 spiro atoms. The molecular weight excluding hydrogens is 302 g/mol. The van der Waals surface area contributed by atoms with Crippen LogP contribution < -0.4 is 4.72 Å². The Balaban J connectivity index is 1.73. The number of aromatic nitrogens is 1. The molecule has 2 heterocycles. The van der Waals surface area contributed by atoms with Crippen molar-refractivity contribution in [2.75, 3.05) is 17.5 Å². The molecule has 2 aromatic rings. The topological polar surface area (TPSA) is 82.3 Å². The summed E-state index contributed by atoms with van der Waals surface area (Å²) in [6, 6.07) is 8.47. The highest BCUT2D eigenvalue weighted by Gasteiger charge is 2.22. The molecule has 1 aromatic carbocycles. The van der Waals surface area contributed by atoms with Gasteiger partial charge in [0.2, 0.25) is 10.0 Å². The highest BCUT2D eigenvalue weighted by atomic mass is 32.2. The number of sulfonamides is 1. The predicted octanol–water partition coefficient (Wildman–Crippen LogP) is 1.58. The van der Waals surface area contributed by atoms with E-state index in [1.54, 1.807) is 29.2 Å². The average molecular weight is 319 g/mol. The van der Waals surface area contributed by atoms with Crippen LogP contribution in [0.4, 0.5) is 5.69 Å². The van der Waals surface area contributed by atoms with Gasteiger partial charge in [0.25, 0.3) is 5.91 Å². The molecule has 0 atom stereocenters. The van der Waals surface area contributed by atoms with Crippen molar-refractivity contribution in [3.8, 4) is 0 Å². The van der Waals surface area contributed by atoms with Crippen molar-refractivity contribution < 1.29 is 13.2 Å². The Morgan fingerprint density at radius 3 is 2.64 bits per heavy atom. The maximum atomic E-state index is 12.5. The van der Waals surface area contributed by atoms with E-state index < -0.39 is 10.0 Å². The number of carbonyl (C=O) groups is 1. The number of hydrogen-bond donors (Lipinski definition) is 2. The summed E-state index contributed by atoms with van der Waals surface area (Å²) in [6.45, 7) is 1.27. The van der Waals surface area contributed by atoms with Gasteiger partial charge in [-0.3, -0.25) is 9.52 Å². The minimum absolute atomic E-state index is 0.0437. The van der Waals surface area contributed by atoms with Gasteiger partial charge in [0.05, 0.1) is 6.26 Å². The predicted molar refractivity (Wildman–Crippen MR) is 84.1 cm³/mol. The van der Waals surface area contributed by atoms with E-state index in [-0.39, 0.29) is 5.91 Å². The largest absolute Gasteiger partial charge is 0.365 e. The smallest absolute Gasteiger partial charge is 0.254 e. The number of H-pyrrole nitrogens is 1. The molecule has 2 N–H and O–H groups in total. The second kappa shape index (κ2) is 5.49. The summed E-state index contributed by atoms with van der Waals surface area (Å²) in [6.07, 6.45) is 3.81. The Hall–Kier alpha value is -2.28. The molecule has 7 heteroatoms. The van der Waals surface area contributed by atoms with Gasteiger partial charge in [-0.15, -0.1) is 0 Å². The fourth-order valence-corrected chi connectivity index (χ4v) is 3.16. The van der Waals surface area contributed by atoms with Gasteiger partial charge < -0.3 is 9.88 Å². The monoisotopic (exact) mass is 319 g/mol. The van der Waals surface area contributed by atoms with Crippen molar-refractivity contribution in [2.24, 2.45) is 0 Å². The number of benzene rings is 1. The van der Waals surface area contributed by atoms with Gasteiger partial charge >= 0.3 is 0 Å². The molecule has 0 saturated carbocycles. The van der Waals surface area contributed by atoms with E-state index in [4.69, 9.17) is 0 Å². The van der Waals surface area contributed by atoms with Crippen LogP contribution in [-0.4, -0.2) is 37.0 Å². The third kappa shape index (κ3) is 3.14. The second-order valence-corrected chi connectivity index (χ2v) is 7.16. The molecule has 0 bridgehead atoms. The van der Waals surface area contributed by atoms with Crippen LogP contribution in [0.2, 0.25) is 0 Å². The highest BCUT2D eigenvalue weighted by molar-refractivity contribution is 7.92. The van der Waals surface area contributed by atoms with Crippen LogP contribution in [0.1, 0.15) is 21.6 Å². The Morgan fingerprint density at radius 1 is 1.23 bits per heavy atom. The summed E-state index contributed by atoms with van der Waals surface area (Å²) in [7, 11) is -3.31. The van der Waals surface area contributed by atoms with Gasteiger partial charge in [0, 0.05) is 42.7 Å². The van der Waals surface area contributed by atoms with E-state index in [0.29, 0.717) is 24.3 Å². The van der Waals surface area contributed by atoms with Crippen LogP contribution in [-0.2, 0) is 23.0 Å². The van der Waals surface area contributed by atoms with Crippen LogP contribution in [0.25, 0.3) is 0 Å². The van der Waals surface area contributed by atoms with E-state index in [2.05, 4.69) is 9.71 Å². The van der Waals surface area contributed by atoms with E-state index in [9.17, 15) is 13.2 Å². The standard InChI is InChI=1S/C15H17N3O3S/c1-22(20,21)17-13-4-2-11(3-5-13)15(19)18-9-7-14-12(10-18)6-8-16-14/h2-6,8,16-17H,7,9-10H2,1H3. The number of anilines is 1. The number of aromatic amines is 1. The third-order valence-corrected chi connectivity index (χ3v) is 4.25. The Kier molecular flexibility index (Phi) is 3.66. The van der Waals surface area contributed by atoms with E-state index in [1.165, 1.54) is 5.69 Å². The zero-order chi connectivity index (χ0) is 15.7. The molecule has 0 fully saturated rings. The summed E-state index contributed by atoms with van der Waals surface area (Å²) in [5.74, 6) is -0.0437. The summed E-state index contributed by atoms with van der Waals surface area (Å²) in [5.41, 5.74) is 3.34. The van der Waals surface area contributed by atoms with Gasteiger partial charge in [-0.05, 0) is 35.9 Å². The van der Waals surface area contributed by atoms with Gasteiger partial charge in [-0.25, -0.2) is 8.42 Å². The summed E-state index contributed by atoms with van der Waals surface area (Å²) < 4.78 is 24.7. The number of nitrogens with zero attached hydrogens (tertiary/aromatic N) is 1. The van der Waals surface area contributed by atoms with Crippen molar-refractivity contribution in [2.45, 2.75) is 13.0 Å². The molecule has 22 heavy (non-hydrogen) atoms. The normalized spacial score (nSPS) is 14.5.